The maximum absolute atomic E-state index is 13.0. The highest BCUT2D eigenvalue weighted by Crippen LogP contribution is 2.28. The van der Waals surface area contributed by atoms with Crippen LogP contribution in [0.4, 0.5) is 20.2 Å². The van der Waals surface area contributed by atoms with Gasteiger partial charge in [0.15, 0.2) is 0 Å². The van der Waals surface area contributed by atoms with Crippen LogP contribution in [-0.2, 0) is 4.79 Å². The number of anilines is 2. The van der Waals surface area contributed by atoms with Crippen molar-refractivity contribution in [1.29, 1.82) is 0 Å². The van der Waals surface area contributed by atoms with Gasteiger partial charge in [-0.15, -0.1) is 11.8 Å². The Hall–Kier alpha value is -1.60. The second kappa shape index (κ2) is 6.91. The van der Waals surface area contributed by atoms with Crippen molar-refractivity contribution in [3.05, 3.63) is 52.5 Å². The molecule has 0 aliphatic rings. The molecule has 0 fully saturated rings. The van der Waals surface area contributed by atoms with Crippen molar-refractivity contribution in [1.82, 2.24) is 0 Å². The molecule has 0 atom stereocenters. The summed E-state index contributed by atoms with van der Waals surface area (Å²) < 4.78 is 26.9. The summed E-state index contributed by atoms with van der Waals surface area (Å²) >= 11 is 4.56. The molecule has 2 aromatic rings. The van der Waals surface area contributed by atoms with Gasteiger partial charge in [-0.25, -0.2) is 8.78 Å². The Balaban J connectivity index is 1.97. The summed E-state index contributed by atoms with van der Waals surface area (Å²) in [5, 5.41) is 2.44. The van der Waals surface area contributed by atoms with Gasteiger partial charge in [0.2, 0.25) is 5.91 Å². The van der Waals surface area contributed by atoms with Crippen molar-refractivity contribution < 1.29 is 13.6 Å². The van der Waals surface area contributed by atoms with Crippen molar-refractivity contribution in [2.75, 3.05) is 16.8 Å². The molecule has 3 N–H and O–H groups in total. The van der Waals surface area contributed by atoms with E-state index in [-0.39, 0.29) is 17.3 Å². The Morgan fingerprint density at radius 1 is 1.19 bits per heavy atom. The molecule has 0 heterocycles. The Bertz CT molecular complexity index is 662. The average Bonchev–Trinajstić information content (AvgIpc) is 2.38. The summed E-state index contributed by atoms with van der Waals surface area (Å²) in [4.78, 5) is 12.5. The molecule has 0 unspecified atom stereocenters. The molecule has 2 aromatic carbocycles. The van der Waals surface area contributed by atoms with Crippen molar-refractivity contribution in [3.63, 3.8) is 0 Å². The normalized spacial score (nSPS) is 10.4. The first kappa shape index (κ1) is 15.8. The van der Waals surface area contributed by atoms with Gasteiger partial charge in [-0.1, -0.05) is 15.9 Å². The maximum atomic E-state index is 13.0. The first-order valence-corrected chi connectivity index (χ1v) is 7.65. The lowest BCUT2D eigenvalue weighted by Gasteiger charge is -2.07. The van der Waals surface area contributed by atoms with Gasteiger partial charge in [0, 0.05) is 26.8 Å². The van der Waals surface area contributed by atoms with Crippen molar-refractivity contribution in [3.8, 4) is 0 Å². The van der Waals surface area contributed by atoms with E-state index in [0.29, 0.717) is 5.69 Å². The van der Waals surface area contributed by atoms with Crippen LogP contribution in [0.25, 0.3) is 0 Å². The Morgan fingerprint density at radius 2 is 1.86 bits per heavy atom. The lowest BCUT2D eigenvalue weighted by Crippen LogP contribution is -2.14. The predicted octanol–water partition coefficient (Wildman–Crippen LogP) is 4.04. The van der Waals surface area contributed by atoms with Gasteiger partial charge in [-0.05, 0) is 30.3 Å². The molecule has 0 saturated heterocycles. The van der Waals surface area contributed by atoms with Crippen LogP contribution in [-0.4, -0.2) is 11.7 Å². The van der Waals surface area contributed by atoms with Crippen LogP contribution in [0.5, 0.6) is 0 Å². The number of nitrogens with one attached hydrogen (secondary N) is 1. The molecule has 0 spiro atoms. The number of hydrogen-bond acceptors (Lipinski definition) is 3. The lowest BCUT2D eigenvalue weighted by atomic mass is 10.3. The zero-order chi connectivity index (χ0) is 15.4. The van der Waals surface area contributed by atoms with Gasteiger partial charge in [-0.2, -0.15) is 0 Å². The van der Waals surface area contributed by atoms with E-state index in [2.05, 4.69) is 21.2 Å². The summed E-state index contributed by atoms with van der Waals surface area (Å²) in [5.74, 6) is -1.77. The number of amides is 1. The standard InChI is InChI=1S/C14H11BrF2N2OS/c15-8-1-2-12(18)13(3-8)21-7-14(20)19-11-5-9(16)4-10(17)6-11/h1-6H,7,18H2,(H,19,20). The third-order valence-electron chi connectivity index (χ3n) is 2.48. The zero-order valence-electron chi connectivity index (χ0n) is 10.7. The van der Waals surface area contributed by atoms with Crippen LogP contribution in [0.2, 0.25) is 0 Å². The van der Waals surface area contributed by atoms with Crippen LogP contribution < -0.4 is 11.1 Å². The van der Waals surface area contributed by atoms with Crippen molar-refractivity contribution in [2.24, 2.45) is 0 Å². The highest BCUT2D eigenvalue weighted by Gasteiger charge is 2.08. The molecular formula is C14H11BrF2N2OS. The van der Waals surface area contributed by atoms with Gasteiger partial charge in [0.1, 0.15) is 11.6 Å². The number of nitrogen functional groups attached to an aromatic ring is 1. The molecule has 3 nitrogen and oxygen atoms in total. The molecule has 0 aromatic heterocycles. The van der Waals surface area contributed by atoms with Crippen LogP contribution in [0.1, 0.15) is 0 Å². The highest BCUT2D eigenvalue weighted by molar-refractivity contribution is 9.10. The first-order valence-electron chi connectivity index (χ1n) is 5.88. The summed E-state index contributed by atoms with van der Waals surface area (Å²) in [7, 11) is 0. The fourth-order valence-electron chi connectivity index (χ4n) is 1.60. The largest absolute Gasteiger partial charge is 0.398 e. The first-order chi connectivity index (χ1) is 9.94. The van der Waals surface area contributed by atoms with E-state index in [4.69, 9.17) is 5.73 Å². The molecule has 2 rings (SSSR count). The minimum absolute atomic E-state index is 0.0821. The fourth-order valence-corrected chi connectivity index (χ4v) is 2.92. The van der Waals surface area contributed by atoms with E-state index in [9.17, 15) is 13.6 Å². The van der Waals surface area contributed by atoms with Gasteiger partial charge in [0.25, 0.3) is 0 Å². The number of carbonyl (C=O) groups excluding carboxylic acids is 1. The molecule has 0 saturated carbocycles. The Kier molecular flexibility index (Phi) is 5.19. The molecular weight excluding hydrogens is 362 g/mol. The number of benzene rings is 2. The minimum atomic E-state index is -0.741. The third-order valence-corrected chi connectivity index (χ3v) is 4.05. The zero-order valence-corrected chi connectivity index (χ0v) is 13.1. The molecule has 0 radical (unpaired) electrons. The molecule has 21 heavy (non-hydrogen) atoms. The smallest absolute Gasteiger partial charge is 0.234 e. The molecule has 110 valence electrons. The second-order valence-corrected chi connectivity index (χ2v) is 6.11. The van der Waals surface area contributed by atoms with Crippen molar-refractivity contribution in [2.45, 2.75) is 4.90 Å². The molecule has 1 amide bonds. The average molecular weight is 373 g/mol. The number of rotatable bonds is 4. The van der Waals surface area contributed by atoms with Gasteiger partial charge < -0.3 is 11.1 Å². The quantitative estimate of drug-likeness (QED) is 0.628. The molecule has 0 aliphatic heterocycles. The van der Waals surface area contributed by atoms with E-state index in [1.807, 2.05) is 0 Å². The minimum Gasteiger partial charge on any atom is -0.398 e. The Labute approximate surface area is 133 Å². The summed E-state index contributed by atoms with van der Waals surface area (Å²) in [6, 6.07) is 8.18. The predicted molar refractivity (Wildman–Crippen MR) is 84.3 cm³/mol. The molecule has 7 heteroatoms. The van der Waals surface area contributed by atoms with Crippen LogP contribution in [0.3, 0.4) is 0 Å². The number of nitrogens with two attached hydrogens (primary N) is 1. The highest BCUT2D eigenvalue weighted by atomic mass is 79.9. The number of hydrogen-bond donors (Lipinski definition) is 2. The summed E-state index contributed by atoms with van der Waals surface area (Å²) in [6.45, 7) is 0. The van der Waals surface area contributed by atoms with E-state index in [0.717, 1.165) is 27.6 Å². The topological polar surface area (TPSA) is 55.1 Å². The van der Waals surface area contributed by atoms with Crippen molar-refractivity contribution >= 4 is 45.0 Å². The van der Waals surface area contributed by atoms with Crippen LogP contribution >= 0.6 is 27.7 Å². The second-order valence-electron chi connectivity index (χ2n) is 4.18. The fraction of sp³-hybridized carbons (Fsp3) is 0.0714. The SMILES string of the molecule is Nc1ccc(Br)cc1SCC(=O)Nc1cc(F)cc(F)c1. The van der Waals surface area contributed by atoms with Gasteiger partial charge in [0.05, 0.1) is 5.75 Å². The van der Waals surface area contributed by atoms with E-state index < -0.39 is 11.6 Å². The number of halogens is 3. The van der Waals surface area contributed by atoms with Gasteiger partial charge in [-0.3, -0.25) is 4.79 Å². The number of carbonyl (C=O) groups is 1. The van der Waals surface area contributed by atoms with Crippen LogP contribution in [0.15, 0.2) is 45.8 Å². The van der Waals surface area contributed by atoms with E-state index in [1.54, 1.807) is 18.2 Å². The lowest BCUT2D eigenvalue weighted by molar-refractivity contribution is -0.113. The Morgan fingerprint density at radius 3 is 2.52 bits per heavy atom. The monoisotopic (exact) mass is 372 g/mol. The summed E-state index contributed by atoms with van der Waals surface area (Å²) in [6.07, 6.45) is 0. The molecule has 0 aliphatic carbocycles. The van der Waals surface area contributed by atoms with E-state index in [1.165, 1.54) is 11.8 Å². The van der Waals surface area contributed by atoms with Crippen LogP contribution in [0, 0.1) is 11.6 Å². The van der Waals surface area contributed by atoms with E-state index >= 15 is 0 Å². The van der Waals surface area contributed by atoms with Gasteiger partial charge >= 0.3 is 0 Å². The summed E-state index contributed by atoms with van der Waals surface area (Å²) in [5.41, 5.74) is 6.44. The maximum Gasteiger partial charge on any atom is 0.234 e. The number of thioether (sulfide) groups is 1. The molecule has 0 bridgehead atoms. The third kappa shape index (κ3) is 4.71.